The molecule has 0 saturated heterocycles. The number of imide groups is 1. The lowest BCUT2D eigenvalue weighted by molar-refractivity contribution is -0.121. The van der Waals surface area contributed by atoms with Crippen LogP contribution < -0.4 is 20.5 Å². The van der Waals surface area contributed by atoms with Crippen LogP contribution in [0.3, 0.4) is 0 Å². The van der Waals surface area contributed by atoms with Gasteiger partial charge in [0.05, 0.1) is 12.6 Å². The van der Waals surface area contributed by atoms with Crippen molar-refractivity contribution in [1.82, 2.24) is 10.3 Å². The van der Waals surface area contributed by atoms with E-state index >= 15 is 0 Å². The van der Waals surface area contributed by atoms with Gasteiger partial charge in [-0.3, -0.25) is 10.1 Å². The molecule has 1 rings (SSSR count). The van der Waals surface area contributed by atoms with Gasteiger partial charge < -0.3 is 20.3 Å². The van der Waals surface area contributed by atoms with Crippen LogP contribution in [0.2, 0.25) is 0 Å². The van der Waals surface area contributed by atoms with Crippen LogP contribution in [0.4, 0.5) is 4.79 Å². The molecule has 0 unspecified atom stereocenters. The van der Waals surface area contributed by atoms with Gasteiger partial charge >= 0.3 is 6.09 Å². The van der Waals surface area contributed by atoms with Crippen molar-refractivity contribution in [1.29, 1.82) is 0 Å². The second-order valence-electron chi connectivity index (χ2n) is 4.84. The van der Waals surface area contributed by atoms with Crippen LogP contribution in [0.25, 0.3) is 0 Å². The number of hydrogen-bond acceptors (Lipinski definition) is 7. The number of ether oxygens (including phenoxy) is 2. The van der Waals surface area contributed by atoms with Crippen LogP contribution in [0.15, 0.2) is 12.3 Å². The zero-order chi connectivity index (χ0) is 16.0. The lowest BCUT2D eigenvalue weighted by Gasteiger charge is -2.12. The molecule has 0 bridgehead atoms. The maximum absolute atomic E-state index is 11.5. The van der Waals surface area contributed by atoms with E-state index in [9.17, 15) is 14.7 Å². The Morgan fingerprint density at radius 3 is 2.67 bits per heavy atom. The molecule has 21 heavy (non-hydrogen) atoms. The summed E-state index contributed by atoms with van der Waals surface area (Å²) in [7, 11) is 0. The number of nitrogens with two attached hydrogens (primary N) is 1. The standard InChI is InChI=1S/C13H19N3O5/c1-7(2)6-20-9-4-5-15-12(10(9)17)21-13(19)16-11(18)8(3)14/h4-5,7-8,17H,6,14H2,1-3H3,(H,16,18,19)/t8-/m0/s1. The number of nitrogens with zero attached hydrogens (tertiary/aromatic N) is 1. The monoisotopic (exact) mass is 297 g/mol. The topological polar surface area (TPSA) is 124 Å². The molecular weight excluding hydrogens is 278 g/mol. The maximum atomic E-state index is 11.5. The molecule has 0 aromatic carbocycles. The molecule has 8 heteroatoms. The van der Waals surface area contributed by atoms with Crippen LogP contribution in [-0.2, 0) is 4.79 Å². The Balaban J connectivity index is 2.73. The molecule has 0 radical (unpaired) electrons. The Morgan fingerprint density at radius 2 is 2.10 bits per heavy atom. The van der Waals surface area contributed by atoms with Crippen LogP contribution >= 0.6 is 0 Å². The Morgan fingerprint density at radius 1 is 1.43 bits per heavy atom. The van der Waals surface area contributed by atoms with Crippen LogP contribution in [0.5, 0.6) is 17.4 Å². The van der Waals surface area contributed by atoms with E-state index in [0.717, 1.165) is 0 Å². The van der Waals surface area contributed by atoms with Crippen molar-refractivity contribution in [2.45, 2.75) is 26.8 Å². The number of amides is 2. The first-order valence-electron chi connectivity index (χ1n) is 6.40. The smallest absolute Gasteiger partial charge is 0.420 e. The van der Waals surface area contributed by atoms with Crippen molar-refractivity contribution in [2.75, 3.05) is 6.61 Å². The van der Waals surface area contributed by atoms with Gasteiger partial charge in [0.15, 0.2) is 5.75 Å². The molecule has 1 aromatic rings. The Bertz CT molecular complexity index is 517. The van der Waals surface area contributed by atoms with Crippen molar-refractivity contribution in [3.8, 4) is 17.4 Å². The number of nitrogens with one attached hydrogen (secondary N) is 1. The maximum Gasteiger partial charge on any atom is 0.420 e. The number of aromatic nitrogens is 1. The van der Waals surface area contributed by atoms with Crippen molar-refractivity contribution >= 4 is 12.0 Å². The summed E-state index contributed by atoms with van der Waals surface area (Å²) in [5.41, 5.74) is 5.29. The van der Waals surface area contributed by atoms with Gasteiger partial charge in [-0.15, -0.1) is 0 Å². The highest BCUT2D eigenvalue weighted by Crippen LogP contribution is 2.33. The minimum absolute atomic E-state index is 0.139. The van der Waals surface area contributed by atoms with E-state index in [0.29, 0.717) is 6.61 Å². The van der Waals surface area contributed by atoms with Gasteiger partial charge in [0.1, 0.15) is 0 Å². The molecule has 116 valence electrons. The molecule has 1 aromatic heterocycles. The molecule has 0 saturated carbocycles. The average molecular weight is 297 g/mol. The van der Waals surface area contributed by atoms with E-state index in [-0.39, 0.29) is 17.5 Å². The van der Waals surface area contributed by atoms with E-state index < -0.39 is 23.8 Å². The predicted molar refractivity (Wildman–Crippen MR) is 74.1 cm³/mol. The average Bonchev–Trinajstić information content (AvgIpc) is 2.39. The fourth-order valence-corrected chi connectivity index (χ4v) is 1.19. The second kappa shape index (κ2) is 7.44. The largest absolute Gasteiger partial charge is 0.501 e. The fourth-order valence-electron chi connectivity index (χ4n) is 1.19. The van der Waals surface area contributed by atoms with Crippen LogP contribution in [0, 0.1) is 5.92 Å². The number of carbonyl (C=O) groups is 2. The second-order valence-corrected chi connectivity index (χ2v) is 4.84. The SMILES string of the molecule is CC(C)COc1ccnc(OC(=O)NC(=O)[C@H](C)N)c1O. The van der Waals surface area contributed by atoms with Crippen molar-refractivity contribution in [3.63, 3.8) is 0 Å². The molecule has 0 spiro atoms. The quantitative estimate of drug-likeness (QED) is 0.733. The van der Waals surface area contributed by atoms with Crippen molar-refractivity contribution in [2.24, 2.45) is 11.7 Å². The first-order valence-corrected chi connectivity index (χ1v) is 6.40. The van der Waals surface area contributed by atoms with Gasteiger partial charge in [0.25, 0.3) is 5.88 Å². The minimum atomic E-state index is -1.08. The summed E-state index contributed by atoms with van der Waals surface area (Å²) in [6, 6.07) is 0.579. The molecule has 2 amide bonds. The third-order valence-corrected chi connectivity index (χ3v) is 2.25. The summed E-state index contributed by atoms with van der Waals surface area (Å²) in [5.74, 6) is -1.08. The summed E-state index contributed by atoms with van der Waals surface area (Å²) >= 11 is 0. The third-order valence-electron chi connectivity index (χ3n) is 2.25. The molecule has 1 atom stereocenters. The normalized spacial score (nSPS) is 11.9. The highest BCUT2D eigenvalue weighted by molar-refractivity contribution is 5.95. The molecule has 0 aliphatic rings. The lowest BCUT2D eigenvalue weighted by Crippen LogP contribution is -2.42. The number of rotatable bonds is 5. The van der Waals surface area contributed by atoms with Crippen LogP contribution in [-0.4, -0.2) is 34.7 Å². The summed E-state index contributed by atoms with van der Waals surface area (Å²) < 4.78 is 10.1. The summed E-state index contributed by atoms with van der Waals surface area (Å²) in [4.78, 5) is 26.4. The van der Waals surface area contributed by atoms with Gasteiger partial charge in [0, 0.05) is 12.3 Å². The number of aromatic hydroxyl groups is 1. The summed E-state index contributed by atoms with van der Waals surface area (Å²) in [6.07, 6.45) is 0.229. The molecular formula is C13H19N3O5. The van der Waals surface area contributed by atoms with Gasteiger partial charge in [0.2, 0.25) is 11.7 Å². The predicted octanol–water partition coefficient (Wildman–Crippen LogP) is 0.784. The number of hydrogen-bond donors (Lipinski definition) is 3. The zero-order valence-electron chi connectivity index (χ0n) is 12.1. The van der Waals surface area contributed by atoms with Crippen molar-refractivity contribution < 1.29 is 24.2 Å². The van der Waals surface area contributed by atoms with Gasteiger partial charge in [-0.1, -0.05) is 13.8 Å². The van der Waals surface area contributed by atoms with Gasteiger partial charge in [-0.2, -0.15) is 0 Å². The Hall–Kier alpha value is -2.35. The molecule has 0 aliphatic heterocycles. The van der Waals surface area contributed by atoms with E-state index in [1.165, 1.54) is 19.2 Å². The molecule has 0 fully saturated rings. The highest BCUT2D eigenvalue weighted by Gasteiger charge is 2.18. The zero-order valence-corrected chi connectivity index (χ0v) is 12.1. The molecule has 1 heterocycles. The van der Waals surface area contributed by atoms with E-state index in [1.54, 1.807) is 0 Å². The lowest BCUT2D eigenvalue weighted by atomic mass is 10.2. The molecule has 8 nitrogen and oxygen atoms in total. The fraction of sp³-hybridized carbons (Fsp3) is 0.462. The third kappa shape index (κ3) is 5.27. The molecule has 0 aliphatic carbocycles. The van der Waals surface area contributed by atoms with Crippen LogP contribution in [0.1, 0.15) is 20.8 Å². The number of carbonyl (C=O) groups excluding carboxylic acids is 2. The van der Waals surface area contributed by atoms with E-state index in [2.05, 4.69) is 4.98 Å². The highest BCUT2D eigenvalue weighted by atomic mass is 16.6. The van der Waals surface area contributed by atoms with E-state index in [1.807, 2.05) is 19.2 Å². The molecule has 4 N–H and O–H groups in total. The van der Waals surface area contributed by atoms with Gasteiger partial charge in [-0.25, -0.2) is 9.78 Å². The van der Waals surface area contributed by atoms with E-state index in [4.69, 9.17) is 15.2 Å². The van der Waals surface area contributed by atoms with Crippen molar-refractivity contribution in [3.05, 3.63) is 12.3 Å². The summed E-state index contributed by atoms with van der Waals surface area (Å²) in [5, 5.41) is 11.8. The Labute approximate surface area is 122 Å². The minimum Gasteiger partial charge on any atom is -0.501 e. The number of pyridine rings is 1. The first kappa shape index (κ1) is 16.7. The van der Waals surface area contributed by atoms with Gasteiger partial charge in [-0.05, 0) is 12.8 Å². The Kier molecular flexibility index (Phi) is 5.92. The first-order chi connectivity index (χ1) is 9.81. The summed E-state index contributed by atoms with van der Waals surface area (Å²) in [6.45, 7) is 5.69.